The zero-order chi connectivity index (χ0) is 16.4. The molecular weight excluding hydrogens is 266 g/mol. The van der Waals surface area contributed by atoms with Gasteiger partial charge < -0.3 is 5.32 Å². The van der Waals surface area contributed by atoms with Crippen LogP contribution in [0, 0.1) is 12.8 Å². The quantitative estimate of drug-likeness (QED) is 0.540. The molecule has 0 saturated carbocycles. The van der Waals surface area contributed by atoms with Gasteiger partial charge >= 0.3 is 0 Å². The third-order valence-electron chi connectivity index (χ3n) is 4.99. The first kappa shape index (κ1) is 19.2. The summed E-state index contributed by atoms with van der Waals surface area (Å²) in [4.78, 5) is 0. The fourth-order valence-electron chi connectivity index (χ4n) is 3.40. The van der Waals surface area contributed by atoms with Crippen molar-refractivity contribution in [2.45, 2.75) is 78.6 Å². The Balaban J connectivity index is 2.68. The maximum atomic E-state index is 3.26. The molecule has 0 aromatic heterocycles. The highest BCUT2D eigenvalue weighted by Crippen LogP contribution is 2.25. The second kappa shape index (κ2) is 10.8. The van der Waals surface area contributed by atoms with Crippen LogP contribution < -0.4 is 5.32 Å². The van der Waals surface area contributed by atoms with E-state index in [2.05, 4.69) is 51.2 Å². The summed E-state index contributed by atoms with van der Waals surface area (Å²) in [6.07, 6.45) is 9.26. The first-order chi connectivity index (χ1) is 10.6. The van der Waals surface area contributed by atoms with Gasteiger partial charge in [0.1, 0.15) is 0 Å². The third kappa shape index (κ3) is 6.52. The molecule has 0 fully saturated rings. The van der Waals surface area contributed by atoms with E-state index in [9.17, 15) is 0 Å². The molecule has 0 aliphatic carbocycles. The Morgan fingerprint density at radius 3 is 2.27 bits per heavy atom. The van der Waals surface area contributed by atoms with Crippen LogP contribution in [-0.2, 0) is 6.42 Å². The summed E-state index contributed by atoms with van der Waals surface area (Å²) in [5, 5.41) is 3.26. The lowest BCUT2D eigenvalue weighted by Gasteiger charge is -2.18. The molecule has 1 nitrogen and oxygen atoms in total. The van der Waals surface area contributed by atoms with Crippen LogP contribution in [0.5, 0.6) is 0 Å². The Kier molecular flexibility index (Phi) is 9.47. The van der Waals surface area contributed by atoms with Gasteiger partial charge in [-0.25, -0.2) is 0 Å². The number of hydrogen-bond acceptors (Lipinski definition) is 1. The molecule has 126 valence electrons. The Morgan fingerprint density at radius 1 is 1.00 bits per heavy atom. The fourth-order valence-corrected chi connectivity index (χ4v) is 3.40. The van der Waals surface area contributed by atoms with Gasteiger partial charge in [-0.1, -0.05) is 64.7 Å². The van der Waals surface area contributed by atoms with Gasteiger partial charge in [0.25, 0.3) is 0 Å². The Bertz CT molecular complexity index is 404. The average Bonchev–Trinajstić information content (AvgIpc) is 2.52. The maximum absolute atomic E-state index is 3.26. The van der Waals surface area contributed by atoms with Gasteiger partial charge in [-0.2, -0.15) is 0 Å². The van der Waals surface area contributed by atoms with E-state index in [4.69, 9.17) is 0 Å². The second-order valence-corrected chi connectivity index (χ2v) is 6.96. The molecule has 0 saturated heterocycles. The Hall–Kier alpha value is -0.820. The predicted octanol–water partition coefficient (Wildman–Crippen LogP) is 5.86. The van der Waals surface area contributed by atoms with E-state index >= 15 is 0 Å². The van der Waals surface area contributed by atoms with E-state index in [0.29, 0.717) is 5.92 Å². The molecule has 0 amide bonds. The first-order valence-corrected chi connectivity index (χ1v) is 9.36. The lowest BCUT2D eigenvalue weighted by Crippen LogP contribution is -2.11. The zero-order valence-electron chi connectivity index (χ0n) is 15.5. The van der Waals surface area contributed by atoms with Gasteiger partial charge in [-0.15, -0.1) is 0 Å². The minimum atomic E-state index is 0.647. The molecule has 1 unspecified atom stereocenters. The molecule has 0 aliphatic rings. The molecule has 1 atom stereocenters. The number of benzene rings is 1. The van der Waals surface area contributed by atoms with Crippen molar-refractivity contribution in [1.82, 2.24) is 5.32 Å². The van der Waals surface area contributed by atoms with Gasteiger partial charge in [0.2, 0.25) is 0 Å². The molecular formula is C21H37N. The fraction of sp³-hybridized carbons (Fsp3) is 0.714. The van der Waals surface area contributed by atoms with Crippen LogP contribution >= 0.6 is 0 Å². The minimum Gasteiger partial charge on any atom is -0.320 e. The number of hydrogen-bond donors (Lipinski definition) is 1. The molecule has 0 aliphatic heterocycles. The summed E-state index contributed by atoms with van der Waals surface area (Å²) in [6, 6.07) is 7.13. The number of aryl methyl sites for hydroxylation is 2. The zero-order valence-corrected chi connectivity index (χ0v) is 15.5. The largest absolute Gasteiger partial charge is 0.320 e. The van der Waals surface area contributed by atoms with Crippen molar-refractivity contribution in [3.63, 3.8) is 0 Å². The van der Waals surface area contributed by atoms with E-state index < -0.39 is 0 Å². The Labute approximate surface area is 138 Å². The predicted molar refractivity (Wildman–Crippen MR) is 99.8 cm³/mol. The van der Waals surface area contributed by atoms with Gasteiger partial charge in [-0.05, 0) is 68.3 Å². The van der Waals surface area contributed by atoms with Crippen molar-refractivity contribution in [2.24, 2.45) is 5.92 Å². The molecule has 0 spiro atoms. The smallest absolute Gasteiger partial charge is 0.00462 e. The van der Waals surface area contributed by atoms with Crippen LogP contribution in [-0.4, -0.2) is 13.6 Å². The summed E-state index contributed by atoms with van der Waals surface area (Å²) < 4.78 is 0. The standard InChI is InChI=1S/C21H37N/c1-6-8-19(9-7-2)11-13-21-16-20(12-10-17(21)3)18(4)14-15-22-5/h10,12,16,18-19,22H,6-9,11,13-15H2,1-5H3. The highest BCUT2D eigenvalue weighted by molar-refractivity contribution is 5.33. The lowest BCUT2D eigenvalue weighted by atomic mass is 9.88. The summed E-state index contributed by atoms with van der Waals surface area (Å²) in [6.45, 7) is 10.4. The molecule has 1 aromatic carbocycles. The molecule has 1 aromatic rings. The first-order valence-electron chi connectivity index (χ1n) is 9.36. The van der Waals surface area contributed by atoms with E-state index in [-0.39, 0.29) is 0 Å². The summed E-state index contributed by atoms with van der Waals surface area (Å²) in [7, 11) is 2.04. The number of nitrogens with one attached hydrogen (secondary N) is 1. The Morgan fingerprint density at radius 2 is 1.68 bits per heavy atom. The summed E-state index contributed by atoms with van der Waals surface area (Å²) in [5.41, 5.74) is 4.56. The van der Waals surface area contributed by atoms with Crippen LogP contribution in [0.25, 0.3) is 0 Å². The monoisotopic (exact) mass is 303 g/mol. The van der Waals surface area contributed by atoms with E-state index in [1.54, 1.807) is 5.56 Å². The SMILES string of the molecule is CCCC(CCC)CCc1cc(C(C)CCNC)ccc1C. The van der Waals surface area contributed by atoms with Crippen LogP contribution in [0.15, 0.2) is 18.2 Å². The van der Waals surface area contributed by atoms with Gasteiger partial charge in [0, 0.05) is 0 Å². The number of rotatable bonds is 11. The summed E-state index contributed by atoms with van der Waals surface area (Å²) >= 11 is 0. The normalized spacial score (nSPS) is 12.8. The van der Waals surface area contributed by atoms with E-state index in [0.717, 1.165) is 12.5 Å². The van der Waals surface area contributed by atoms with Crippen molar-refractivity contribution >= 4 is 0 Å². The van der Waals surface area contributed by atoms with Crippen LogP contribution in [0.1, 0.15) is 81.9 Å². The third-order valence-corrected chi connectivity index (χ3v) is 4.99. The molecule has 22 heavy (non-hydrogen) atoms. The molecule has 0 heterocycles. The molecule has 1 rings (SSSR count). The van der Waals surface area contributed by atoms with Crippen LogP contribution in [0.2, 0.25) is 0 Å². The van der Waals surface area contributed by atoms with Crippen molar-refractivity contribution < 1.29 is 0 Å². The lowest BCUT2D eigenvalue weighted by molar-refractivity contribution is 0.411. The van der Waals surface area contributed by atoms with E-state index in [1.165, 1.54) is 56.1 Å². The average molecular weight is 304 g/mol. The molecule has 0 radical (unpaired) electrons. The van der Waals surface area contributed by atoms with E-state index in [1.807, 2.05) is 7.05 Å². The maximum Gasteiger partial charge on any atom is -0.00462 e. The van der Waals surface area contributed by atoms with Gasteiger partial charge in [0.15, 0.2) is 0 Å². The van der Waals surface area contributed by atoms with Crippen LogP contribution in [0.3, 0.4) is 0 Å². The highest BCUT2D eigenvalue weighted by Gasteiger charge is 2.11. The minimum absolute atomic E-state index is 0.647. The van der Waals surface area contributed by atoms with Crippen molar-refractivity contribution in [3.8, 4) is 0 Å². The van der Waals surface area contributed by atoms with Crippen molar-refractivity contribution in [1.29, 1.82) is 0 Å². The van der Waals surface area contributed by atoms with Gasteiger partial charge in [-0.3, -0.25) is 0 Å². The highest BCUT2D eigenvalue weighted by atomic mass is 14.8. The van der Waals surface area contributed by atoms with Crippen molar-refractivity contribution in [2.75, 3.05) is 13.6 Å². The van der Waals surface area contributed by atoms with Crippen LogP contribution in [0.4, 0.5) is 0 Å². The molecule has 1 N–H and O–H groups in total. The second-order valence-electron chi connectivity index (χ2n) is 6.96. The van der Waals surface area contributed by atoms with Crippen molar-refractivity contribution in [3.05, 3.63) is 34.9 Å². The summed E-state index contributed by atoms with van der Waals surface area (Å²) in [5.74, 6) is 1.56. The molecule has 0 bridgehead atoms. The molecule has 1 heteroatoms. The van der Waals surface area contributed by atoms with Gasteiger partial charge in [0.05, 0.1) is 0 Å². The topological polar surface area (TPSA) is 12.0 Å².